The SMILES string of the molecule is Cc1cccc(C)c1CC1Cc2ccccc2C1O. The maximum absolute atomic E-state index is 10.5. The fourth-order valence-electron chi connectivity index (χ4n) is 3.27. The number of hydrogen-bond acceptors (Lipinski definition) is 1. The van der Waals surface area contributed by atoms with Crippen LogP contribution in [-0.4, -0.2) is 5.11 Å². The number of fused-ring (bicyclic) bond motifs is 1. The van der Waals surface area contributed by atoms with Gasteiger partial charge in [0, 0.05) is 0 Å². The Bertz CT molecular complexity index is 580. The molecule has 1 heteroatoms. The summed E-state index contributed by atoms with van der Waals surface area (Å²) in [5, 5.41) is 10.5. The van der Waals surface area contributed by atoms with Crippen molar-refractivity contribution in [2.24, 2.45) is 5.92 Å². The Labute approximate surface area is 114 Å². The van der Waals surface area contributed by atoms with E-state index in [1.165, 1.54) is 22.3 Å². The first-order chi connectivity index (χ1) is 9.16. The van der Waals surface area contributed by atoms with E-state index < -0.39 is 0 Å². The van der Waals surface area contributed by atoms with Crippen LogP contribution >= 0.6 is 0 Å². The lowest BCUT2D eigenvalue weighted by Crippen LogP contribution is -2.12. The zero-order chi connectivity index (χ0) is 13.4. The van der Waals surface area contributed by atoms with Crippen LogP contribution in [0.2, 0.25) is 0 Å². The van der Waals surface area contributed by atoms with Crippen molar-refractivity contribution < 1.29 is 5.11 Å². The van der Waals surface area contributed by atoms with Crippen LogP contribution in [0, 0.1) is 19.8 Å². The largest absolute Gasteiger partial charge is 0.388 e. The Hall–Kier alpha value is -1.60. The Morgan fingerprint density at radius 1 is 1.00 bits per heavy atom. The molecule has 0 fully saturated rings. The van der Waals surface area contributed by atoms with Crippen LogP contribution in [-0.2, 0) is 12.8 Å². The van der Waals surface area contributed by atoms with E-state index in [1.54, 1.807) is 0 Å². The molecule has 0 aromatic heterocycles. The topological polar surface area (TPSA) is 20.2 Å². The van der Waals surface area contributed by atoms with Crippen molar-refractivity contribution in [2.45, 2.75) is 32.8 Å². The minimum atomic E-state index is -0.310. The number of aliphatic hydroxyl groups excluding tert-OH is 1. The van der Waals surface area contributed by atoms with Crippen molar-refractivity contribution in [1.82, 2.24) is 0 Å². The molecule has 0 saturated carbocycles. The summed E-state index contributed by atoms with van der Waals surface area (Å²) in [6.45, 7) is 4.33. The summed E-state index contributed by atoms with van der Waals surface area (Å²) in [5.41, 5.74) is 6.51. The molecule has 2 aromatic rings. The summed E-state index contributed by atoms with van der Waals surface area (Å²) in [7, 11) is 0. The van der Waals surface area contributed by atoms with Crippen LogP contribution in [0.25, 0.3) is 0 Å². The molecule has 1 nitrogen and oxygen atoms in total. The van der Waals surface area contributed by atoms with Crippen LogP contribution in [0.4, 0.5) is 0 Å². The molecular formula is C18H20O. The van der Waals surface area contributed by atoms with Gasteiger partial charge in [-0.1, -0.05) is 42.5 Å². The van der Waals surface area contributed by atoms with Crippen LogP contribution in [0.3, 0.4) is 0 Å². The summed E-state index contributed by atoms with van der Waals surface area (Å²) in [6, 6.07) is 14.7. The Kier molecular flexibility index (Phi) is 3.16. The summed E-state index contributed by atoms with van der Waals surface area (Å²) >= 11 is 0. The highest BCUT2D eigenvalue weighted by Gasteiger charge is 2.30. The van der Waals surface area contributed by atoms with Gasteiger partial charge in [-0.25, -0.2) is 0 Å². The normalized spacial score (nSPS) is 21.4. The maximum atomic E-state index is 10.5. The highest BCUT2D eigenvalue weighted by Crippen LogP contribution is 2.38. The third-order valence-electron chi connectivity index (χ3n) is 4.41. The summed E-state index contributed by atoms with van der Waals surface area (Å²) in [6.07, 6.45) is 1.65. The van der Waals surface area contributed by atoms with Crippen molar-refractivity contribution >= 4 is 0 Å². The molecule has 0 bridgehead atoms. The summed E-state index contributed by atoms with van der Waals surface area (Å²) in [5.74, 6) is 0.317. The molecular weight excluding hydrogens is 232 g/mol. The van der Waals surface area contributed by atoms with Gasteiger partial charge < -0.3 is 5.11 Å². The van der Waals surface area contributed by atoms with E-state index in [-0.39, 0.29) is 6.10 Å². The molecule has 0 aliphatic heterocycles. The number of hydrogen-bond donors (Lipinski definition) is 1. The van der Waals surface area contributed by atoms with Crippen LogP contribution in [0.5, 0.6) is 0 Å². The van der Waals surface area contributed by atoms with Crippen molar-refractivity contribution in [3.05, 3.63) is 70.3 Å². The average Bonchev–Trinajstić information content (AvgIpc) is 2.72. The molecule has 1 aliphatic rings. The van der Waals surface area contributed by atoms with Crippen molar-refractivity contribution in [3.63, 3.8) is 0 Å². The lowest BCUT2D eigenvalue weighted by atomic mass is 9.90. The van der Waals surface area contributed by atoms with E-state index in [4.69, 9.17) is 0 Å². The van der Waals surface area contributed by atoms with Crippen LogP contribution in [0.15, 0.2) is 42.5 Å². The van der Waals surface area contributed by atoms with Gasteiger partial charge in [0.25, 0.3) is 0 Å². The number of benzene rings is 2. The number of aliphatic hydroxyl groups is 1. The van der Waals surface area contributed by atoms with Gasteiger partial charge >= 0.3 is 0 Å². The van der Waals surface area contributed by atoms with E-state index in [0.29, 0.717) is 5.92 Å². The third-order valence-corrected chi connectivity index (χ3v) is 4.41. The van der Waals surface area contributed by atoms with Crippen molar-refractivity contribution in [2.75, 3.05) is 0 Å². The van der Waals surface area contributed by atoms with Gasteiger partial charge in [0.1, 0.15) is 0 Å². The van der Waals surface area contributed by atoms with Gasteiger partial charge in [-0.3, -0.25) is 0 Å². The minimum absolute atomic E-state index is 0.310. The van der Waals surface area contributed by atoms with E-state index in [1.807, 2.05) is 6.07 Å². The second-order valence-electron chi connectivity index (χ2n) is 5.68. The summed E-state index contributed by atoms with van der Waals surface area (Å²) < 4.78 is 0. The smallest absolute Gasteiger partial charge is 0.0827 e. The maximum Gasteiger partial charge on any atom is 0.0827 e. The predicted molar refractivity (Wildman–Crippen MR) is 78.2 cm³/mol. The Balaban J connectivity index is 1.87. The van der Waals surface area contributed by atoms with Gasteiger partial charge in [-0.05, 0) is 60.4 Å². The van der Waals surface area contributed by atoms with E-state index in [0.717, 1.165) is 18.4 Å². The van der Waals surface area contributed by atoms with Gasteiger partial charge in [0.2, 0.25) is 0 Å². The Morgan fingerprint density at radius 2 is 1.68 bits per heavy atom. The lowest BCUT2D eigenvalue weighted by molar-refractivity contribution is 0.123. The first-order valence-corrected chi connectivity index (χ1v) is 6.98. The highest BCUT2D eigenvalue weighted by atomic mass is 16.3. The molecule has 0 heterocycles. The van der Waals surface area contributed by atoms with Crippen LogP contribution in [0.1, 0.15) is 33.9 Å². The van der Waals surface area contributed by atoms with Crippen molar-refractivity contribution in [1.29, 1.82) is 0 Å². The van der Waals surface area contributed by atoms with E-state index >= 15 is 0 Å². The zero-order valence-electron chi connectivity index (χ0n) is 11.6. The molecule has 19 heavy (non-hydrogen) atoms. The molecule has 0 radical (unpaired) electrons. The molecule has 2 aromatic carbocycles. The molecule has 0 spiro atoms. The molecule has 2 unspecified atom stereocenters. The fourth-order valence-corrected chi connectivity index (χ4v) is 3.27. The third kappa shape index (κ3) is 2.19. The zero-order valence-corrected chi connectivity index (χ0v) is 11.6. The Morgan fingerprint density at radius 3 is 2.37 bits per heavy atom. The van der Waals surface area contributed by atoms with Gasteiger partial charge in [-0.2, -0.15) is 0 Å². The molecule has 2 atom stereocenters. The van der Waals surface area contributed by atoms with Gasteiger partial charge in [0.15, 0.2) is 0 Å². The first-order valence-electron chi connectivity index (χ1n) is 6.98. The molecule has 1 N–H and O–H groups in total. The minimum Gasteiger partial charge on any atom is -0.388 e. The quantitative estimate of drug-likeness (QED) is 0.863. The average molecular weight is 252 g/mol. The standard InChI is InChI=1S/C18H20O/c1-12-6-5-7-13(2)17(12)11-15-10-14-8-3-4-9-16(14)18(15)19/h3-9,15,18-19H,10-11H2,1-2H3. The number of rotatable bonds is 2. The molecule has 3 rings (SSSR count). The molecule has 0 saturated heterocycles. The van der Waals surface area contributed by atoms with Crippen LogP contribution < -0.4 is 0 Å². The molecule has 98 valence electrons. The summed E-state index contributed by atoms with van der Waals surface area (Å²) in [4.78, 5) is 0. The first kappa shape index (κ1) is 12.4. The lowest BCUT2D eigenvalue weighted by Gasteiger charge is -2.18. The predicted octanol–water partition coefficient (Wildman–Crippen LogP) is 3.75. The molecule has 0 amide bonds. The van der Waals surface area contributed by atoms with Gasteiger partial charge in [0.05, 0.1) is 6.10 Å². The van der Waals surface area contributed by atoms with Gasteiger partial charge in [-0.15, -0.1) is 0 Å². The van der Waals surface area contributed by atoms with Crippen molar-refractivity contribution in [3.8, 4) is 0 Å². The van der Waals surface area contributed by atoms with E-state index in [9.17, 15) is 5.11 Å². The molecule has 1 aliphatic carbocycles. The second kappa shape index (κ2) is 4.82. The fraction of sp³-hybridized carbons (Fsp3) is 0.333. The second-order valence-corrected chi connectivity index (χ2v) is 5.68. The monoisotopic (exact) mass is 252 g/mol. The number of aryl methyl sites for hydroxylation is 2. The highest BCUT2D eigenvalue weighted by molar-refractivity contribution is 5.38. The van der Waals surface area contributed by atoms with E-state index in [2.05, 4.69) is 50.2 Å².